The summed E-state index contributed by atoms with van der Waals surface area (Å²) in [6.45, 7) is 4.56. The van der Waals surface area contributed by atoms with Crippen LogP contribution in [0, 0.1) is 0 Å². The van der Waals surface area contributed by atoms with Gasteiger partial charge in [-0.1, -0.05) is 19.4 Å². The van der Waals surface area contributed by atoms with E-state index in [1.807, 2.05) is 4.90 Å². The number of anilines is 1. The maximum atomic E-state index is 13.1. The number of rotatable bonds is 6. The number of benzene rings is 1. The molecule has 0 saturated carbocycles. The Morgan fingerprint density at radius 2 is 2.14 bits per heavy atom. The van der Waals surface area contributed by atoms with E-state index >= 15 is 0 Å². The van der Waals surface area contributed by atoms with Crippen LogP contribution in [0.2, 0.25) is 0 Å². The lowest BCUT2D eigenvalue weighted by Crippen LogP contribution is -2.24. The highest BCUT2D eigenvalue weighted by Crippen LogP contribution is 2.34. The quantitative estimate of drug-likeness (QED) is 0.643. The van der Waals surface area contributed by atoms with E-state index in [0.29, 0.717) is 6.54 Å². The topological polar surface area (TPSA) is 38.5 Å². The first-order valence-corrected chi connectivity index (χ1v) is 7.69. The second-order valence-corrected chi connectivity index (χ2v) is 5.78. The van der Waals surface area contributed by atoms with Crippen LogP contribution in [0.3, 0.4) is 0 Å². The number of ether oxygens (including phenoxy) is 1. The van der Waals surface area contributed by atoms with Gasteiger partial charge in [-0.25, -0.2) is 0 Å². The summed E-state index contributed by atoms with van der Waals surface area (Å²) in [5.41, 5.74) is 5.26. The Bertz CT molecular complexity index is 491. The van der Waals surface area contributed by atoms with Crippen LogP contribution in [0.25, 0.3) is 0 Å². The van der Waals surface area contributed by atoms with Gasteiger partial charge in [0.05, 0.1) is 11.7 Å². The van der Waals surface area contributed by atoms with E-state index in [2.05, 4.69) is 6.92 Å². The molecule has 1 saturated heterocycles. The van der Waals surface area contributed by atoms with Crippen molar-refractivity contribution >= 4 is 5.69 Å². The van der Waals surface area contributed by atoms with Crippen LogP contribution in [0.5, 0.6) is 0 Å². The van der Waals surface area contributed by atoms with Crippen LogP contribution < -0.4 is 5.73 Å². The fraction of sp³-hybridized carbons (Fsp3) is 0.625. The molecule has 1 aliphatic heterocycles. The molecule has 0 spiro atoms. The average molecular weight is 316 g/mol. The zero-order valence-corrected chi connectivity index (χ0v) is 12.8. The van der Waals surface area contributed by atoms with Crippen LogP contribution >= 0.6 is 0 Å². The second kappa shape index (κ2) is 7.33. The van der Waals surface area contributed by atoms with Crippen molar-refractivity contribution in [1.82, 2.24) is 4.90 Å². The molecule has 0 aromatic heterocycles. The van der Waals surface area contributed by atoms with E-state index < -0.39 is 11.7 Å². The molecule has 1 fully saturated rings. The third kappa shape index (κ3) is 4.61. The van der Waals surface area contributed by atoms with Gasteiger partial charge in [-0.05, 0) is 30.5 Å². The summed E-state index contributed by atoms with van der Waals surface area (Å²) < 4.78 is 45.0. The van der Waals surface area contributed by atoms with Crippen molar-refractivity contribution in [2.45, 2.75) is 45.0 Å². The molecular formula is C16H23F3N2O. The van der Waals surface area contributed by atoms with E-state index in [0.717, 1.165) is 38.5 Å². The smallest absolute Gasteiger partial charge is 0.399 e. The van der Waals surface area contributed by atoms with Crippen molar-refractivity contribution in [3.63, 3.8) is 0 Å². The molecule has 0 aliphatic carbocycles. The Balaban J connectivity index is 1.97. The fourth-order valence-electron chi connectivity index (χ4n) is 2.71. The van der Waals surface area contributed by atoms with Gasteiger partial charge in [0, 0.05) is 31.9 Å². The molecule has 3 nitrogen and oxygen atoms in total. The first kappa shape index (κ1) is 17.1. The molecule has 1 aliphatic rings. The normalized spacial score (nSPS) is 19.7. The molecule has 6 heteroatoms. The summed E-state index contributed by atoms with van der Waals surface area (Å²) >= 11 is 0. The Kier molecular flexibility index (Phi) is 5.69. The molecule has 0 unspecified atom stereocenters. The lowest BCUT2D eigenvalue weighted by molar-refractivity contribution is -0.138. The molecule has 1 aromatic carbocycles. The van der Waals surface area contributed by atoms with Crippen LogP contribution in [0.1, 0.15) is 37.3 Å². The van der Waals surface area contributed by atoms with Crippen molar-refractivity contribution in [3.8, 4) is 0 Å². The first-order chi connectivity index (χ1) is 10.4. The molecule has 1 aromatic rings. The minimum absolute atomic E-state index is 0.134. The van der Waals surface area contributed by atoms with Crippen molar-refractivity contribution in [2.75, 3.05) is 25.4 Å². The Hall–Kier alpha value is -1.27. The van der Waals surface area contributed by atoms with E-state index in [-0.39, 0.29) is 23.9 Å². The molecule has 1 heterocycles. The summed E-state index contributed by atoms with van der Waals surface area (Å²) in [5, 5.41) is 0. The number of nitrogens with two attached hydrogens (primary N) is 1. The summed E-state index contributed by atoms with van der Waals surface area (Å²) in [5.74, 6) is 0. The lowest BCUT2D eigenvalue weighted by Gasteiger charge is -2.20. The van der Waals surface area contributed by atoms with Crippen LogP contribution in [0.15, 0.2) is 18.2 Å². The lowest BCUT2D eigenvalue weighted by atomic mass is 10.1. The number of hydrogen-bond acceptors (Lipinski definition) is 3. The maximum absolute atomic E-state index is 13.1. The summed E-state index contributed by atoms with van der Waals surface area (Å²) in [6, 6.07) is 4.01. The van der Waals surface area contributed by atoms with Gasteiger partial charge in [-0.3, -0.25) is 4.90 Å². The highest BCUT2D eigenvalue weighted by atomic mass is 19.4. The van der Waals surface area contributed by atoms with Crippen molar-refractivity contribution in [1.29, 1.82) is 0 Å². The van der Waals surface area contributed by atoms with Gasteiger partial charge in [0.2, 0.25) is 0 Å². The molecule has 124 valence electrons. The molecule has 22 heavy (non-hydrogen) atoms. The summed E-state index contributed by atoms with van der Waals surface area (Å²) in [7, 11) is 0. The van der Waals surface area contributed by atoms with Crippen molar-refractivity contribution in [3.05, 3.63) is 29.3 Å². The fourth-order valence-corrected chi connectivity index (χ4v) is 2.71. The highest BCUT2D eigenvalue weighted by molar-refractivity contribution is 5.46. The number of nitrogens with zero attached hydrogens (tertiary/aromatic N) is 1. The van der Waals surface area contributed by atoms with Crippen LogP contribution in [0.4, 0.5) is 18.9 Å². The Morgan fingerprint density at radius 3 is 2.82 bits per heavy atom. The summed E-state index contributed by atoms with van der Waals surface area (Å²) in [4.78, 5) is 2.01. The van der Waals surface area contributed by atoms with Crippen molar-refractivity contribution < 1.29 is 17.9 Å². The molecule has 2 N–H and O–H groups in total. The third-order valence-corrected chi connectivity index (χ3v) is 3.91. The van der Waals surface area contributed by atoms with E-state index in [1.54, 1.807) is 0 Å². The number of likely N-dealkylation sites (tertiary alicyclic amines) is 1. The van der Waals surface area contributed by atoms with E-state index in [4.69, 9.17) is 10.5 Å². The molecule has 0 amide bonds. The van der Waals surface area contributed by atoms with Gasteiger partial charge in [0.15, 0.2) is 0 Å². The van der Waals surface area contributed by atoms with E-state index in [9.17, 15) is 13.2 Å². The predicted octanol–water partition coefficient (Wildman–Crippen LogP) is 3.68. The first-order valence-electron chi connectivity index (χ1n) is 7.69. The highest BCUT2D eigenvalue weighted by Gasteiger charge is 2.34. The molecule has 1 atom stereocenters. The van der Waals surface area contributed by atoms with Gasteiger partial charge < -0.3 is 10.5 Å². The van der Waals surface area contributed by atoms with Crippen LogP contribution in [-0.2, 0) is 17.5 Å². The number of alkyl halides is 3. The molecule has 2 rings (SSSR count). The molecule has 0 radical (unpaired) electrons. The number of hydrogen-bond donors (Lipinski definition) is 1. The standard InChI is InChI=1S/C16H23F3N2O/c1-2-3-8-22-14-6-7-21(11-14)10-12-4-5-13(20)9-15(12)16(17,18)19/h4-5,9,14H,2-3,6-8,10-11,20H2,1H3/t14-/m0/s1. The predicted molar refractivity (Wildman–Crippen MR) is 80.4 cm³/mol. The van der Waals surface area contributed by atoms with Gasteiger partial charge in [-0.2, -0.15) is 13.2 Å². The number of halogens is 3. The van der Waals surface area contributed by atoms with E-state index in [1.165, 1.54) is 12.1 Å². The van der Waals surface area contributed by atoms with Crippen LogP contribution in [-0.4, -0.2) is 30.7 Å². The second-order valence-electron chi connectivity index (χ2n) is 5.78. The Labute approximate surface area is 129 Å². The SMILES string of the molecule is CCCCO[C@H]1CCN(Cc2ccc(N)cc2C(F)(F)F)C1. The molecule has 0 bridgehead atoms. The number of nitrogen functional groups attached to an aromatic ring is 1. The Morgan fingerprint density at radius 1 is 1.36 bits per heavy atom. The largest absolute Gasteiger partial charge is 0.416 e. The third-order valence-electron chi connectivity index (χ3n) is 3.91. The number of unbranched alkanes of at least 4 members (excludes halogenated alkanes) is 1. The summed E-state index contributed by atoms with van der Waals surface area (Å²) in [6.07, 6.45) is -1.26. The van der Waals surface area contributed by atoms with Crippen molar-refractivity contribution in [2.24, 2.45) is 0 Å². The zero-order chi connectivity index (χ0) is 16.2. The van der Waals surface area contributed by atoms with Gasteiger partial charge in [-0.15, -0.1) is 0 Å². The monoisotopic (exact) mass is 316 g/mol. The average Bonchev–Trinajstić information content (AvgIpc) is 2.88. The minimum Gasteiger partial charge on any atom is -0.399 e. The molecular weight excluding hydrogens is 293 g/mol. The maximum Gasteiger partial charge on any atom is 0.416 e. The minimum atomic E-state index is -4.37. The zero-order valence-electron chi connectivity index (χ0n) is 12.8. The van der Waals surface area contributed by atoms with Gasteiger partial charge in [0.1, 0.15) is 0 Å². The van der Waals surface area contributed by atoms with Gasteiger partial charge in [0.25, 0.3) is 0 Å². The van der Waals surface area contributed by atoms with Gasteiger partial charge >= 0.3 is 6.18 Å².